The zero-order valence-corrected chi connectivity index (χ0v) is 7.79. The van der Waals surface area contributed by atoms with Crippen LogP contribution in [0.1, 0.15) is 5.56 Å². The molecule has 1 rings (SSSR count). The molecule has 0 aliphatic carbocycles. The van der Waals surface area contributed by atoms with Crippen LogP contribution in [0.4, 0.5) is 0 Å². The van der Waals surface area contributed by atoms with Gasteiger partial charge in [0.15, 0.2) is 0 Å². The zero-order chi connectivity index (χ0) is 9.03. The van der Waals surface area contributed by atoms with E-state index in [0.717, 1.165) is 5.56 Å². The molecule has 12 heavy (non-hydrogen) atoms. The van der Waals surface area contributed by atoms with Crippen LogP contribution < -0.4 is 5.09 Å². The number of hydrogen-bond acceptors (Lipinski definition) is 1. The zero-order valence-electron chi connectivity index (χ0n) is 6.90. The monoisotopic (exact) mass is 185 g/mol. The van der Waals surface area contributed by atoms with Crippen molar-refractivity contribution in [1.29, 1.82) is 0 Å². The van der Waals surface area contributed by atoms with Gasteiger partial charge in [0.2, 0.25) is 0 Å². The van der Waals surface area contributed by atoms with E-state index in [1.54, 1.807) is 0 Å². The lowest BCUT2D eigenvalue weighted by Gasteiger charge is -2.06. The van der Waals surface area contributed by atoms with E-state index in [2.05, 4.69) is 5.09 Å². The highest BCUT2D eigenvalue weighted by atomic mass is 31.2. The van der Waals surface area contributed by atoms with Gasteiger partial charge in [-0.25, -0.2) is 5.09 Å². The maximum absolute atomic E-state index is 10.8. The average molecular weight is 185 g/mol. The van der Waals surface area contributed by atoms with Crippen LogP contribution in [0.25, 0.3) is 0 Å². The van der Waals surface area contributed by atoms with E-state index in [9.17, 15) is 4.57 Å². The van der Waals surface area contributed by atoms with Crippen molar-refractivity contribution in [3.63, 3.8) is 0 Å². The molecule has 0 aliphatic heterocycles. The molecule has 0 bridgehead atoms. The molecule has 1 unspecified atom stereocenters. The second-order valence-corrected chi connectivity index (χ2v) is 4.77. The Morgan fingerprint density at radius 2 is 2.00 bits per heavy atom. The fourth-order valence-corrected chi connectivity index (χ4v) is 1.31. The van der Waals surface area contributed by atoms with Crippen LogP contribution in [0.15, 0.2) is 30.3 Å². The van der Waals surface area contributed by atoms with Gasteiger partial charge >= 0.3 is 0 Å². The topological polar surface area (TPSA) is 49.3 Å². The molecule has 1 atom stereocenters. The number of nitrogens with one attached hydrogen (secondary N) is 1. The fraction of sp³-hybridized carbons (Fsp3) is 0.250. The average Bonchev–Trinajstić information content (AvgIpc) is 2.02. The molecule has 0 saturated heterocycles. The van der Waals surface area contributed by atoms with E-state index in [-0.39, 0.29) is 0 Å². The van der Waals surface area contributed by atoms with Gasteiger partial charge in [0.1, 0.15) is 0 Å². The number of rotatable bonds is 3. The molecule has 3 nitrogen and oxygen atoms in total. The molecule has 0 heterocycles. The van der Waals surface area contributed by atoms with Crippen molar-refractivity contribution in [2.75, 3.05) is 6.66 Å². The number of benzene rings is 1. The van der Waals surface area contributed by atoms with E-state index >= 15 is 0 Å². The van der Waals surface area contributed by atoms with Gasteiger partial charge in [0.05, 0.1) is 0 Å². The van der Waals surface area contributed by atoms with Crippen LogP contribution in [-0.2, 0) is 11.1 Å². The maximum atomic E-state index is 10.8. The van der Waals surface area contributed by atoms with Crippen molar-refractivity contribution in [2.24, 2.45) is 0 Å². The summed E-state index contributed by atoms with van der Waals surface area (Å²) in [5, 5.41) is 2.55. The SMILES string of the molecule is CP(=O)(O)NCc1ccccc1. The van der Waals surface area contributed by atoms with Gasteiger partial charge in [-0.1, -0.05) is 30.3 Å². The molecule has 1 aromatic rings. The van der Waals surface area contributed by atoms with Crippen LogP contribution in [0, 0.1) is 0 Å². The molecule has 0 aliphatic rings. The Bertz CT molecular complexity index is 280. The molecule has 0 fully saturated rings. The summed E-state index contributed by atoms with van der Waals surface area (Å²) in [5.41, 5.74) is 1.01. The molecule has 0 amide bonds. The standard InChI is InChI=1S/C8H12NO2P/c1-12(10,11)9-7-8-5-3-2-4-6-8/h2-6H,7H2,1H3,(H2,9,10,11). The second-order valence-electron chi connectivity index (χ2n) is 2.70. The Labute approximate surface area is 71.9 Å². The summed E-state index contributed by atoms with van der Waals surface area (Å²) >= 11 is 0. The summed E-state index contributed by atoms with van der Waals surface area (Å²) in [6, 6.07) is 9.52. The first kappa shape index (κ1) is 9.46. The molecule has 1 aromatic carbocycles. The minimum Gasteiger partial charge on any atom is -0.333 e. The molecule has 0 aromatic heterocycles. The number of hydrogen-bond donors (Lipinski definition) is 2. The normalized spacial score (nSPS) is 15.5. The Balaban J connectivity index is 2.50. The van der Waals surface area contributed by atoms with E-state index < -0.39 is 7.52 Å². The Hall–Kier alpha value is -0.630. The summed E-state index contributed by atoms with van der Waals surface area (Å²) in [4.78, 5) is 8.92. The third kappa shape index (κ3) is 3.67. The van der Waals surface area contributed by atoms with Crippen LogP contribution in [-0.4, -0.2) is 11.6 Å². The summed E-state index contributed by atoms with van der Waals surface area (Å²) in [5.74, 6) is 0. The maximum Gasteiger partial charge on any atom is 0.264 e. The minimum atomic E-state index is -3.08. The summed E-state index contributed by atoms with van der Waals surface area (Å²) < 4.78 is 10.8. The van der Waals surface area contributed by atoms with E-state index in [1.807, 2.05) is 30.3 Å². The summed E-state index contributed by atoms with van der Waals surface area (Å²) in [7, 11) is -3.08. The van der Waals surface area contributed by atoms with Gasteiger partial charge in [0.25, 0.3) is 7.52 Å². The van der Waals surface area contributed by atoms with Gasteiger partial charge in [-0.2, -0.15) is 0 Å². The van der Waals surface area contributed by atoms with Gasteiger partial charge in [-0.3, -0.25) is 4.57 Å². The second kappa shape index (κ2) is 3.85. The van der Waals surface area contributed by atoms with Crippen molar-refractivity contribution in [2.45, 2.75) is 6.54 Å². The van der Waals surface area contributed by atoms with Gasteiger partial charge in [-0.15, -0.1) is 0 Å². The Morgan fingerprint density at radius 3 is 2.50 bits per heavy atom. The molecule has 2 N–H and O–H groups in total. The Kier molecular flexibility index (Phi) is 3.04. The van der Waals surface area contributed by atoms with Crippen LogP contribution >= 0.6 is 7.52 Å². The first-order valence-corrected chi connectivity index (χ1v) is 5.78. The molecular weight excluding hydrogens is 173 g/mol. The largest absolute Gasteiger partial charge is 0.333 e. The van der Waals surface area contributed by atoms with Gasteiger partial charge < -0.3 is 4.89 Å². The fourth-order valence-electron chi connectivity index (χ4n) is 0.834. The van der Waals surface area contributed by atoms with E-state index in [0.29, 0.717) is 6.54 Å². The van der Waals surface area contributed by atoms with Crippen molar-refractivity contribution in [3.05, 3.63) is 35.9 Å². The van der Waals surface area contributed by atoms with Crippen molar-refractivity contribution >= 4 is 7.52 Å². The van der Waals surface area contributed by atoms with Gasteiger partial charge in [0, 0.05) is 13.2 Å². The molecule has 66 valence electrons. The smallest absolute Gasteiger partial charge is 0.264 e. The molecular formula is C8H12NO2P. The lowest BCUT2D eigenvalue weighted by molar-refractivity contribution is 0.469. The van der Waals surface area contributed by atoms with Crippen LogP contribution in [0.3, 0.4) is 0 Å². The van der Waals surface area contributed by atoms with E-state index in [4.69, 9.17) is 4.89 Å². The molecule has 0 saturated carbocycles. The third-order valence-electron chi connectivity index (χ3n) is 1.42. The summed E-state index contributed by atoms with van der Waals surface area (Å²) in [6.07, 6.45) is 0. The van der Waals surface area contributed by atoms with Crippen molar-refractivity contribution in [3.8, 4) is 0 Å². The molecule has 4 heteroatoms. The quantitative estimate of drug-likeness (QED) is 0.703. The van der Waals surface area contributed by atoms with Crippen LogP contribution in [0.2, 0.25) is 0 Å². The highest BCUT2D eigenvalue weighted by Crippen LogP contribution is 2.29. The molecule has 0 radical (unpaired) electrons. The van der Waals surface area contributed by atoms with Crippen molar-refractivity contribution in [1.82, 2.24) is 5.09 Å². The highest BCUT2D eigenvalue weighted by Gasteiger charge is 2.06. The Morgan fingerprint density at radius 1 is 1.42 bits per heavy atom. The van der Waals surface area contributed by atoms with Gasteiger partial charge in [-0.05, 0) is 5.56 Å². The van der Waals surface area contributed by atoms with E-state index in [1.165, 1.54) is 6.66 Å². The first-order chi connectivity index (χ1) is 5.58. The lowest BCUT2D eigenvalue weighted by atomic mass is 10.2. The highest BCUT2D eigenvalue weighted by molar-refractivity contribution is 7.54. The van der Waals surface area contributed by atoms with Crippen molar-refractivity contribution < 1.29 is 9.46 Å². The molecule has 0 spiro atoms. The lowest BCUT2D eigenvalue weighted by Crippen LogP contribution is -2.08. The summed E-state index contributed by atoms with van der Waals surface area (Å²) in [6.45, 7) is 1.72. The predicted molar refractivity (Wildman–Crippen MR) is 49.0 cm³/mol. The first-order valence-electron chi connectivity index (χ1n) is 3.67. The van der Waals surface area contributed by atoms with Crippen LogP contribution in [0.5, 0.6) is 0 Å². The third-order valence-corrected chi connectivity index (χ3v) is 2.16. The minimum absolute atomic E-state index is 0.436. The predicted octanol–water partition coefficient (Wildman–Crippen LogP) is 1.59.